The Balaban J connectivity index is 0.000000153. The summed E-state index contributed by atoms with van der Waals surface area (Å²) in [6, 6.07) is 137. The molecule has 2 nitrogen and oxygen atoms in total. The van der Waals surface area contributed by atoms with E-state index < -0.39 is 31.7 Å². The number of rotatable bonds is 13. The molecule has 0 N–H and O–H groups in total. The molecule has 2 fully saturated rings. The Morgan fingerprint density at radius 1 is 0.250 bits per heavy atom. The second-order valence-electron chi connectivity index (χ2n) is 22.2. The van der Waals surface area contributed by atoms with Gasteiger partial charge in [0.1, 0.15) is 4.60 Å². The van der Waals surface area contributed by atoms with E-state index in [4.69, 9.17) is 0 Å². The third kappa shape index (κ3) is 26.9. The van der Waals surface area contributed by atoms with Gasteiger partial charge in [-0.2, -0.15) is 0 Å². The van der Waals surface area contributed by atoms with Crippen molar-refractivity contribution >= 4 is 157 Å². The molecule has 2 aromatic heterocycles. The second-order valence-corrected chi connectivity index (χ2v) is 33.5. The summed E-state index contributed by atoms with van der Waals surface area (Å²) in [6.45, 7) is 0. The molecule has 12 heteroatoms. The molecule has 14 aromatic rings. The molecule has 2 saturated carbocycles. The van der Waals surface area contributed by atoms with Crippen molar-refractivity contribution in [3.05, 3.63) is 426 Å². The summed E-state index contributed by atoms with van der Waals surface area (Å²) in [6.07, 6.45) is 11.2. The van der Waals surface area contributed by atoms with Gasteiger partial charge in [-0.3, -0.25) is 4.98 Å². The van der Waals surface area contributed by atoms with Gasteiger partial charge < -0.3 is 6.42 Å². The number of hydrogen-bond donors (Lipinski definition) is 0. The molecular weight excluding hydrogens is 1700 g/mol. The third-order valence-electron chi connectivity index (χ3n) is 14.9. The smallest absolute Gasteiger partial charge is 0.0134 e. The van der Waals surface area contributed by atoms with Gasteiger partial charge in [-0.25, -0.2) is 17.8 Å². The minimum atomic E-state index is -0.446. The second kappa shape index (κ2) is 46.5. The van der Waals surface area contributed by atoms with Crippen molar-refractivity contribution in [2.24, 2.45) is 0 Å². The summed E-state index contributed by atoms with van der Waals surface area (Å²) >= 11 is 14.2. The van der Waals surface area contributed by atoms with E-state index in [0.717, 1.165) is 19.5 Å². The van der Waals surface area contributed by atoms with Crippen LogP contribution in [0.3, 0.4) is 0 Å². The SMILES string of the molecule is Brc1cccnc1Br.Brc1cccnc1C1CC1.[CH-]1CC1.[Pd].[Zn+][Br].c1ccc(P(c2ccccc2)c2ccccc2)cc1.c1ccc(P(c2ccccc2)c2ccccc2)cc1.c1ccc(P(c2ccccc2)c2ccccc2)cc1.c1ccc(P(c2ccccc2)c2ccccc2)cc1. The van der Waals surface area contributed by atoms with Gasteiger partial charge in [-0.1, -0.05) is 364 Å². The topological polar surface area (TPSA) is 25.8 Å². The number of nitrogens with zero attached hydrogens (tertiary/aromatic N) is 2. The van der Waals surface area contributed by atoms with Crippen LogP contribution in [-0.4, -0.2) is 9.97 Å². The van der Waals surface area contributed by atoms with E-state index in [1.54, 1.807) is 6.20 Å². The summed E-state index contributed by atoms with van der Waals surface area (Å²) in [4.78, 5) is 8.24. The molecule has 0 aliphatic heterocycles. The number of halogens is 4. The summed E-state index contributed by atoms with van der Waals surface area (Å²) in [5.74, 6) is 0.746. The fourth-order valence-corrected chi connectivity index (χ4v) is 20.4. The molecule has 100 heavy (non-hydrogen) atoms. The fraction of sp³-hybridized carbons (Fsp3) is 0.0568. The van der Waals surface area contributed by atoms with Crippen molar-refractivity contribution < 1.29 is 36.8 Å². The predicted octanol–water partition coefficient (Wildman–Crippen LogP) is 20.9. The molecule has 2 heterocycles. The summed E-state index contributed by atoms with van der Waals surface area (Å²) in [7, 11) is -1.78. The largest absolute Gasteiger partial charge is 0.0622 e. The maximum atomic E-state index is 4.29. The van der Waals surface area contributed by atoms with E-state index in [9.17, 15) is 0 Å². The Labute approximate surface area is 654 Å². The van der Waals surface area contributed by atoms with Gasteiger partial charge in [0.2, 0.25) is 0 Å². The average molecular weight is 1780 g/mol. The standard InChI is InChI=1S/4C18H15P.C8H8BrN.C5H3Br2N.C3H5.BrH.Pd.Zn/c4*1-4-10-16(11-5-1)19(17-12-6-2-7-13-17)18-14-8-3-9-15-18;9-7-2-1-5-10-8(7)6-3-4-6;6-4-2-1-3-8-5(4)7;1-2-3-1;;;/h4*1-15H;1-2,5-6H,3-4H2;1-3H;1H,2-3H2;1H;;/q;;;;;;-1;;;+2/p-1. The van der Waals surface area contributed by atoms with Crippen molar-refractivity contribution in [1.82, 2.24) is 9.97 Å². The molecule has 498 valence electrons. The van der Waals surface area contributed by atoms with Gasteiger partial charge in [-0.15, -0.1) is 0 Å². The Bertz CT molecular complexity index is 3540. The van der Waals surface area contributed by atoms with E-state index in [0.29, 0.717) is 0 Å². The molecule has 0 amide bonds. The van der Waals surface area contributed by atoms with Crippen LogP contribution in [-0.2, 0) is 36.8 Å². The van der Waals surface area contributed by atoms with Gasteiger partial charge in [0.05, 0.1) is 10.2 Å². The molecule has 0 spiro atoms. The minimum absolute atomic E-state index is 0. The third-order valence-corrected chi connectivity index (χ3v) is 27.2. The Morgan fingerprint density at radius 2 is 0.420 bits per heavy atom. The van der Waals surface area contributed by atoms with Crippen LogP contribution in [0.4, 0.5) is 0 Å². The zero-order valence-corrected chi connectivity index (χ0v) is 69.8. The fourth-order valence-electron chi connectivity index (χ4n) is 10.1. The van der Waals surface area contributed by atoms with Crippen molar-refractivity contribution in [2.45, 2.75) is 31.6 Å². The van der Waals surface area contributed by atoms with Crippen LogP contribution in [0.2, 0.25) is 0 Å². The van der Waals surface area contributed by atoms with Crippen molar-refractivity contribution in [3.63, 3.8) is 0 Å². The van der Waals surface area contributed by atoms with Crippen LogP contribution in [0.5, 0.6) is 0 Å². The van der Waals surface area contributed by atoms with E-state index in [1.807, 2.05) is 24.4 Å². The van der Waals surface area contributed by atoms with Crippen molar-refractivity contribution in [1.29, 1.82) is 0 Å². The first kappa shape index (κ1) is 79.6. The molecule has 0 saturated heterocycles. The van der Waals surface area contributed by atoms with Gasteiger partial charge >= 0.3 is 30.0 Å². The van der Waals surface area contributed by atoms with Crippen molar-refractivity contribution in [2.75, 3.05) is 0 Å². The Hall–Kier alpha value is -6.13. The van der Waals surface area contributed by atoms with Crippen LogP contribution < -0.4 is 63.7 Å². The molecule has 0 atom stereocenters. The van der Waals surface area contributed by atoms with E-state index in [2.05, 4.69) is 448 Å². The number of aromatic nitrogens is 2. The molecule has 0 bridgehead atoms. The minimum Gasteiger partial charge on any atom is -0.0622 e. The number of hydrogen-bond acceptors (Lipinski definition) is 2. The van der Waals surface area contributed by atoms with E-state index in [1.165, 1.54) is 111 Å². The van der Waals surface area contributed by atoms with Crippen molar-refractivity contribution in [3.8, 4) is 0 Å². The van der Waals surface area contributed by atoms with Gasteiger partial charge in [0.15, 0.2) is 0 Å². The molecule has 2 aliphatic carbocycles. The molecule has 16 rings (SSSR count). The first-order chi connectivity index (χ1) is 49.0. The maximum Gasteiger partial charge on any atom is -0.0134 e. The first-order valence-corrected chi connectivity index (χ1v) is 47.4. The van der Waals surface area contributed by atoms with Gasteiger partial charge in [-0.05, 0) is 180 Å². The summed E-state index contributed by atoms with van der Waals surface area (Å²) in [5, 5.41) is 16.8. The van der Waals surface area contributed by atoms with Crippen LogP contribution in [0, 0.1) is 6.42 Å². The number of benzene rings is 12. The summed E-state index contributed by atoms with van der Waals surface area (Å²) in [5.41, 5.74) is 1.24. The summed E-state index contributed by atoms with van der Waals surface area (Å²) < 4.78 is 3.00. The van der Waals surface area contributed by atoms with Crippen LogP contribution in [0.15, 0.2) is 414 Å². The molecule has 0 unspecified atom stereocenters. The monoisotopic (exact) mass is 1770 g/mol. The van der Waals surface area contributed by atoms with Crippen LogP contribution in [0.1, 0.15) is 37.3 Å². The zero-order chi connectivity index (χ0) is 68.7. The quantitative estimate of drug-likeness (QED) is 0.0498. The molecule has 0 radical (unpaired) electrons. The Kier molecular flexibility index (Phi) is 37.0. The molecule has 2 aliphatic rings. The predicted molar refractivity (Wildman–Crippen MR) is 447 cm³/mol. The number of pyridine rings is 2. The first-order valence-electron chi connectivity index (χ1n) is 32.7. The van der Waals surface area contributed by atoms with Crippen LogP contribution in [0.25, 0.3) is 0 Å². The average Bonchev–Trinajstić information content (AvgIpc) is 1.83. The maximum absolute atomic E-state index is 4.29. The molecular formula is C88H76Br4N2P4PdZn. The van der Waals surface area contributed by atoms with E-state index in [-0.39, 0.29) is 20.4 Å². The van der Waals surface area contributed by atoms with E-state index >= 15 is 0 Å². The Morgan fingerprint density at radius 3 is 0.550 bits per heavy atom. The van der Waals surface area contributed by atoms with Gasteiger partial charge in [0, 0.05) is 43.2 Å². The molecule has 12 aromatic carbocycles. The zero-order valence-electron chi connectivity index (χ0n) is 55.3. The normalized spacial score (nSPS) is 11.3. The van der Waals surface area contributed by atoms with Gasteiger partial charge in [0.25, 0.3) is 0 Å². The van der Waals surface area contributed by atoms with Crippen LogP contribution >= 0.6 is 93.1 Å².